The van der Waals surface area contributed by atoms with E-state index in [1.165, 1.54) is 64.2 Å². The van der Waals surface area contributed by atoms with Crippen LogP contribution in [0.2, 0.25) is 0 Å². The van der Waals surface area contributed by atoms with Crippen molar-refractivity contribution in [3.8, 4) is 0 Å². The van der Waals surface area contributed by atoms with Crippen LogP contribution in [0.3, 0.4) is 0 Å². The molecule has 23 heavy (non-hydrogen) atoms. The maximum absolute atomic E-state index is 10.4. The fourth-order valence-corrected chi connectivity index (χ4v) is 3.24. The van der Waals surface area contributed by atoms with Gasteiger partial charge in [-0.3, -0.25) is 4.55 Å². The monoisotopic (exact) mass is 350 g/mol. The molecule has 0 rings (SSSR count). The van der Waals surface area contributed by atoms with Crippen molar-refractivity contribution in [3.05, 3.63) is 0 Å². The maximum atomic E-state index is 10.4. The summed E-state index contributed by atoms with van der Waals surface area (Å²) in [5.74, 6) is 0. The number of hydrogen-bond donors (Lipinski definition) is 1. The van der Waals surface area contributed by atoms with Crippen LogP contribution in [0.15, 0.2) is 0 Å². The number of rotatable bonds is 16. The minimum atomic E-state index is -4.27. The molecule has 140 valence electrons. The van der Waals surface area contributed by atoms with Gasteiger partial charge in [-0.25, -0.2) is 4.18 Å². The third kappa shape index (κ3) is 18.1. The van der Waals surface area contributed by atoms with Gasteiger partial charge in [0, 0.05) is 0 Å². The van der Waals surface area contributed by atoms with Gasteiger partial charge < -0.3 is 0 Å². The first-order valence-corrected chi connectivity index (χ1v) is 10.8. The maximum Gasteiger partial charge on any atom is 0.397 e. The van der Waals surface area contributed by atoms with Gasteiger partial charge >= 0.3 is 10.4 Å². The molecule has 0 fully saturated rings. The topological polar surface area (TPSA) is 63.6 Å². The molecule has 0 saturated carbocycles. The van der Waals surface area contributed by atoms with Crippen LogP contribution >= 0.6 is 0 Å². The van der Waals surface area contributed by atoms with Crippen LogP contribution < -0.4 is 0 Å². The molecule has 4 nitrogen and oxygen atoms in total. The zero-order chi connectivity index (χ0) is 17.6. The van der Waals surface area contributed by atoms with Crippen molar-refractivity contribution >= 4 is 10.4 Å². The van der Waals surface area contributed by atoms with Crippen LogP contribution in [0.5, 0.6) is 0 Å². The van der Waals surface area contributed by atoms with Gasteiger partial charge in [-0.1, -0.05) is 85.0 Å². The lowest BCUT2D eigenvalue weighted by Crippen LogP contribution is -2.12. The van der Waals surface area contributed by atoms with Gasteiger partial charge in [0.1, 0.15) is 0 Å². The van der Waals surface area contributed by atoms with Crippen LogP contribution in [0.25, 0.3) is 0 Å². The van der Waals surface area contributed by atoms with E-state index in [9.17, 15) is 8.42 Å². The molecule has 1 N–H and O–H groups in total. The molecule has 0 aliphatic rings. The first-order valence-electron chi connectivity index (χ1n) is 9.39. The highest BCUT2D eigenvalue weighted by atomic mass is 32.3. The normalized spacial score (nSPS) is 12.7. The smallest absolute Gasteiger partial charge is 0.264 e. The van der Waals surface area contributed by atoms with Crippen molar-refractivity contribution in [1.82, 2.24) is 0 Å². The third-order valence-corrected chi connectivity index (χ3v) is 4.90. The molecule has 0 bridgehead atoms. The van der Waals surface area contributed by atoms with Crippen LogP contribution in [0, 0.1) is 5.41 Å². The summed E-state index contributed by atoms with van der Waals surface area (Å²) in [5, 5.41) is 0. The predicted molar refractivity (Wildman–Crippen MR) is 97.0 cm³/mol. The summed E-state index contributed by atoms with van der Waals surface area (Å²) in [4.78, 5) is 0. The van der Waals surface area contributed by atoms with Gasteiger partial charge in [0.15, 0.2) is 0 Å². The Morgan fingerprint density at radius 3 is 1.70 bits per heavy atom. The molecule has 0 aromatic heterocycles. The molecule has 0 unspecified atom stereocenters. The number of unbranched alkanes of at least 4 members (excludes halogenated alkanes) is 9. The Morgan fingerprint density at radius 2 is 1.22 bits per heavy atom. The van der Waals surface area contributed by atoms with E-state index in [1.807, 2.05) is 0 Å². The minimum absolute atomic E-state index is 0.0763. The van der Waals surface area contributed by atoms with Crippen molar-refractivity contribution in [1.29, 1.82) is 0 Å². The van der Waals surface area contributed by atoms with Crippen LogP contribution in [-0.2, 0) is 14.6 Å². The molecule has 0 spiro atoms. The van der Waals surface area contributed by atoms with Crippen molar-refractivity contribution in [2.24, 2.45) is 5.41 Å². The molecule has 0 radical (unpaired) electrons. The molecule has 0 aliphatic carbocycles. The SMILES string of the molecule is CCCCCCCCCCCC(C)(C)CCCCOS(=O)(=O)O. The van der Waals surface area contributed by atoms with Gasteiger partial charge in [0.2, 0.25) is 0 Å². The lowest BCUT2D eigenvalue weighted by atomic mass is 9.82. The highest BCUT2D eigenvalue weighted by Gasteiger charge is 2.16. The minimum Gasteiger partial charge on any atom is -0.264 e. The average Bonchev–Trinajstić information content (AvgIpc) is 2.44. The van der Waals surface area contributed by atoms with Gasteiger partial charge in [-0.05, 0) is 24.7 Å². The second kappa shape index (κ2) is 13.2. The first-order chi connectivity index (χ1) is 10.8. The second-order valence-corrected chi connectivity index (χ2v) is 8.54. The van der Waals surface area contributed by atoms with E-state index < -0.39 is 10.4 Å². The van der Waals surface area contributed by atoms with Gasteiger partial charge in [0.05, 0.1) is 6.61 Å². The van der Waals surface area contributed by atoms with Crippen molar-refractivity contribution in [2.45, 2.75) is 104 Å². The van der Waals surface area contributed by atoms with E-state index >= 15 is 0 Å². The molecule has 0 atom stereocenters. The van der Waals surface area contributed by atoms with Crippen molar-refractivity contribution in [3.63, 3.8) is 0 Å². The fraction of sp³-hybridized carbons (Fsp3) is 1.00. The molecule has 0 aromatic carbocycles. The lowest BCUT2D eigenvalue weighted by molar-refractivity contribution is 0.241. The fourth-order valence-electron chi connectivity index (χ4n) is 2.91. The highest BCUT2D eigenvalue weighted by molar-refractivity contribution is 7.80. The molecule has 0 aliphatic heterocycles. The highest BCUT2D eigenvalue weighted by Crippen LogP contribution is 2.30. The Hall–Kier alpha value is -0.130. The van der Waals surface area contributed by atoms with Crippen molar-refractivity contribution < 1.29 is 17.2 Å². The summed E-state index contributed by atoms with van der Waals surface area (Å²) in [5.41, 5.74) is 0.305. The molecule has 0 aromatic rings. The van der Waals surface area contributed by atoms with Crippen LogP contribution in [-0.4, -0.2) is 19.6 Å². The Morgan fingerprint density at radius 1 is 0.783 bits per heavy atom. The van der Waals surface area contributed by atoms with E-state index in [0.717, 1.165) is 12.8 Å². The summed E-state index contributed by atoms with van der Waals surface area (Å²) in [6, 6.07) is 0. The summed E-state index contributed by atoms with van der Waals surface area (Å²) in [6.45, 7) is 6.89. The summed E-state index contributed by atoms with van der Waals surface area (Å²) < 4.78 is 33.7. The molecule has 5 heteroatoms. The van der Waals surface area contributed by atoms with E-state index in [1.54, 1.807) is 0 Å². The van der Waals surface area contributed by atoms with E-state index in [4.69, 9.17) is 4.55 Å². The van der Waals surface area contributed by atoms with E-state index in [0.29, 0.717) is 11.8 Å². The Balaban J connectivity index is 3.46. The second-order valence-electron chi connectivity index (χ2n) is 7.45. The van der Waals surface area contributed by atoms with Crippen molar-refractivity contribution in [2.75, 3.05) is 6.61 Å². The number of hydrogen-bond acceptors (Lipinski definition) is 3. The molecular weight excluding hydrogens is 312 g/mol. The quantitative estimate of drug-likeness (QED) is 0.277. The Labute approximate surface area is 144 Å². The molecule has 0 heterocycles. The van der Waals surface area contributed by atoms with Gasteiger partial charge in [-0.2, -0.15) is 8.42 Å². The van der Waals surface area contributed by atoms with E-state index in [-0.39, 0.29) is 6.61 Å². The van der Waals surface area contributed by atoms with Crippen LogP contribution in [0.1, 0.15) is 104 Å². The predicted octanol–water partition coefficient (Wildman–Crippen LogP) is 5.92. The molecule has 0 saturated heterocycles. The largest absolute Gasteiger partial charge is 0.397 e. The third-order valence-electron chi connectivity index (χ3n) is 4.44. The average molecular weight is 351 g/mol. The zero-order valence-electron chi connectivity index (χ0n) is 15.5. The van der Waals surface area contributed by atoms with E-state index in [2.05, 4.69) is 25.0 Å². The summed E-state index contributed by atoms with van der Waals surface area (Å²) in [6.07, 6.45) is 16.1. The van der Waals surface area contributed by atoms with Crippen LogP contribution in [0.4, 0.5) is 0 Å². The standard InChI is InChI=1S/C18H38O4S/c1-4-5-6-7-8-9-10-11-12-15-18(2,3)16-13-14-17-22-23(19,20)21/h4-17H2,1-3H3,(H,19,20,21). The lowest BCUT2D eigenvalue weighted by Gasteiger charge is -2.24. The van der Waals surface area contributed by atoms with Gasteiger partial charge in [-0.15, -0.1) is 0 Å². The molecule has 0 amide bonds. The summed E-state index contributed by atoms with van der Waals surface area (Å²) in [7, 11) is -4.27. The van der Waals surface area contributed by atoms with Gasteiger partial charge in [0.25, 0.3) is 0 Å². The Kier molecular flexibility index (Phi) is 13.1. The molecular formula is C18H38O4S. The summed E-state index contributed by atoms with van der Waals surface area (Å²) >= 11 is 0. The Bertz CT molecular complexity index is 363. The first kappa shape index (κ1) is 22.9. The zero-order valence-corrected chi connectivity index (χ0v) is 16.3.